The zero-order chi connectivity index (χ0) is 15.8. The Morgan fingerprint density at radius 3 is 2.62 bits per heavy atom. The lowest BCUT2D eigenvalue weighted by Gasteiger charge is -2.16. The summed E-state index contributed by atoms with van der Waals surface area (Å²) in [7, 11) is 1.82. The summed E-state index contributed by atoms with van der Waals surface area (Å²) in [4.78, 5) is 25.5. The van der Waals surface area contributed by atoms with Crippen molar-refractivity contribution in [3.63, 3.8) is 0 Å². The van der Waals surface area contributed by atoms with Gasteiger partial charge in [-0.15, -0.1) is 0 Å². The van der Waals surface area contributed by atoms with Gasteiger partial charge in [-0.3, -0.25) is 9.59 Å². The van der Waals surface area contributed by atoms with Gasteiger partial charge in [0.15, 0.2) is 0 Å². The van der Waals surface area contributed by atoms with Crippen molar-refractivity contribution in [1.82, 2.24) is 5.32 Å². The summed E-state index contributed by atoms with van der Waals surface area (Å²) in [5.41, 5.74) is 2.73. The highest BCUT2D eigenvalue weighted by atomic mass is 16.2. The monoisotopic (exact) mass is 288 g/mol. The van der Waals surface area contributed by atoms with Crippen LogP contribution in [0.1, 0.15) is 38.8 Å². The van der Waals surface area contributed by atoms with Crippen molar-refractivity contribution < 1.29 is 9.59 Å². The molecule has 1 heterocycles. The number of rotatable bonds is 4. The minimum absolute atomic E-state index is 0.00947. The summed E-state index contributed by atoms with van der Waals surface area (Å²) in [6, 6.07) is 6.13. The Bertz CT molecular complexity index is 576. The lowest BCUT2D eigenvalue weighted by atomic mass is 9.85. The number of carbonyl (C=O) groups is 2. The highest BCUT2D eigenvalue weighted by Gasteiger charge is 2.42. The van der Waals surface area contributed by atoms with Crippen molar-refractivity contribution in [3.8, 4) is 0 Å². The third-order valence-corrected chi connectivity index (χ3v) is 4.17. The highest BCUT2D eigenvalue weighted by Crippen LogP contribution is 2.41. The first-order valence-electron chi connectivity index (χ1n) is 7.44. The molecule has 0 fully saturated rings. The predicted molar refractivity (Wildman–Crippen MR) is 84.4 cm³/mol. The van der Waals surface area contributed by atoms with E-state index in [1.807, 2.05) is 46.9 Å². The quantitative estimate of drug-likeness (QED) is 0.924. The molecule has 0 aliphatic carbocycles. The molecule has 0 unspecified atom stereocenters. The van der Waals surface area contributed by atoms with Gasteiger partial charge >= 0.3 is 0 Å². The smallest absolute Gasteiger partial charge is 0.236 e. The first-order chi connectivity index (χ1) is 9.75. The Kier molecular flexibility index (Phi) is 4.08. The Balaban J connectivity index is 2.11. The van der Waals surface area contributed by atoms with Crippen molar-refractivity contribution in [1.29, 1.82) is 0 Å². The van der Waals surface area contributed by atoms with Crippen LogP contribution in [0, 0.1) is 5.92 Å². The second kappa shape index (κ2) is 5.51. The molecule has 2 rings (SSSR count). The van der Waals surface area contributed by atoms with Crippen molar-refractivity contribution in [3.05, 3.63) is 29.3 Å². The van der Waals surface area contributed by atoms with Gasteiger partial charge in [-0.25, -0.2) is 0 Å². The van der Waals surface area contributed by atoms with Gasteiger partial charge in [0.25, 0.3) is 0 Å². The zero-order valence-electron chi connectivity index (χ0n) is 13.5. The first kappa shape index (κ1) is 15.5. The van der Waals surface area contributed by atoms with E-state index in [0.717, 1.165) is 23.2 Å². The number of likely N-dealkylation sites (N-methyl/N-ethyl adjacent to an activating group) is 1. The molecule has 0 saturated heterocycles. The van der Waals surface area contributed by atoms with Crippen LogP contribution in [0.4, 0.5) is 5.69 Å². The average molecular weight is 288 g/mol. The molecular formula is C17H24N2O2. The molecule has 0 spiro atoms. The van der Waals surface area contributed by atoms with Gasteiger partial charge in [0, 0.05) is 25.2 Å². The number of nitrogens with zero attached hydrogens (tertiary/aromatic N) is 1. The van der Waals surface area contributed by atoms with Gasteiger partial charge in [-0.2, -0.15) is 0 Å². The minimum atomic E-state index is -0.471. The third kappa shape index (κ3) is 2.80. The molecule has 2 amide bonds. The van der Waals surface area contributed by atoms with Crippen molar-refractivity contribution in [2.24, 2.45) is 5.92 Å². The van der Waals surface area contributed by atoms with E-state index in [-0.39, 0.29) is 17.7 Å². The third-order valence-electron chi connectivity index (χ3n) is 4.17. The predicted octanol–water partition coefficient (Wildman–Crippen LogP) is 2.26. The van der Waals surface area contributed by atoms with Crippen LogP contribution < -0.4 is 10.2 Å². The van der Waals surface area contributed by atoms with Crippen LogP contribution in [0.2, 0.25) is 0 Å². The van der Waals surface area contributed by atoms with E-state index >= 15 is 0 Å². The van der Waals surface area contributed by atoms with E-state index in [4.69, 9.17) is 0 Å². The Labute approximate surface area is 126 Å². The second-order valence-corrected chi connectivity index (χ2v) is 6.54. The van der Waals surface area contributed by atoms with Gasteiger partial charge < -0.3 is 10.2 Å². The molecule has 0 aromatic heterocycles. The Morgan fingerprint density at radius 1 is 1.33 bits per heavy atom. The zero-order valence-corrected chi connectivity index (χ0v) is 13.5. The van der Waals surface area contributed by atoms with Crippen LogP contribution in [0.3, 0.4) is 0 Å². The fourth-order valence-corrected chi connectivity index (χ4v) is 2.71. The van der Waals surface area contributed by atoms with Gasteiger partial charge in [-0.05, 0) is 37.5 Å². The highest BCUT2D eigenvalue weighted by molar-refractivity contribution is 6.07. The van der Waals surface area contributed by atoms with Crippen molar-refractivity contribution in [2.75, 3.05) is 18.5 Å². The number of hydrogen-bond acceptors (Lipinski definition) is 2. The summed E-state index contributed by atoms with van der Waals surface area (Å²) < 4.78 is 0. The molecule has 1 aliphatic heterocycles. The lowest BCUT2D eigenvalue weighted by Crippen LogP contribution is -2.33. The van der Waals surface area contributed by atoms with Gasteiger partial charge in [0.05, 0.1) is 5.41 Å². The van der Waals surface area contributed by atoms with E-state index in [2.05, 4.69) is 11.4 Å². The number of amides is 2. The van der Waals surface area contributed by atoms with E-state index in [1.54, 1.807) is 4.90 Å². The van der Waals surface area contributed by atoms with E-state index < -0.39 is 5.41 Å². The maximum absolute atomic E-state index is 12.2. The molecule has 1 N–H and O–H groups in total. The van der Waals surface area contributed by atoms with Crippen LogP contribution in [0.25, 0.3) is 0 Å². The first-order valence-corrected chi connectivity index (χ1v) is 7.44. The molecule has 0 atom stereocenters. The van der Waals surface area contributed by atoms with E-state index in [1.165, 1.54) is 0 Å². The molecule has 4 heteroatoms. The minimum Gasteiger partial charge on any atom is -0.356 e. The number of fused-ring (bicyclic) bond motifs is 1. The number of benzene rings is 1. The molecule has 0 bridgehead atoms. The molecule has 4 nitrogen and oxygen atoms in total. The fraction of sp³-hybridized carbons (Fsp3) is 0.529. The maximum Gasteiger partial charge on any atom is 0.236 e. The molecule has 1 aromatic carbocycles. The topological polar surface area (TPSA) is 49.4 Å². The SMILES string of the molecule is CC(C)C(=O)NCCc1ccc2c(c1)C(C)(C)C(=O)N2C. The number of carbonyl (C=O) groups excluding carboxylic acids is 2. The summed E-state index contributed by atoms with van der Waals surface area (Å²) in [6.07, 6.45) is 0.778. The summed E-state index contributed by atoms with van der Waals surface area (Å²) in [6.45, 7) is 8.31. The molecule has 21 heavy (non-hydrogen) atoms. The van der Waals surface area contributed by atoms with Crippen LogP contribution in [0.15, 0.2) is 18.2 Å². The molecule has 1 aromatic rings. The summed E-state index contributed by atoms with van der Waals surface area (Å²) >= 11 is 0. The van der Waals surface area contributed by atoms with Crippen LogP contribution in [-0.4, -0.2) is 25.4 Å². The van der Waals surface area contributed by atoms with Crippen molar-refractivity contribution >= 4 is 17.5 Å². The molecule has 0 radical (unpaired) electrons. The standard InChI is InChI=1S/C17H24N2O2/c1-11(2)15(20)18-9-8-12-6-7-14-13(10-12)17(3,4)16(21)19(14)5/h6-7,10-11H,8-9H2,1-5H3,(H,18,20). The molecule has 1 aliphatic rings. The number of hydrogen-bond donors (Lipinski definition) is 1. The van der Waals surface area contributed by atoms with Crippen molar-refractivity contribution in [2.45, 2.75) is 39.5 Å². The second-order valence-electron chi connectivity index (χ2n) is 6.54. The van der Waals surface area contributed by atoms with Gasteiger partial charge in [0.1, 0.15) is 0 Å². The Morgan fingerprint density at radius 2 is 2.00 bits per heavy atom. The van der Waals surface area contributed by atoms with Gasteiger partial charge in [-0.1, -0.05) is 26.0 Å². The normalized spacial score (nSPS) is 16.3. The average Bonchev–Trinajstić information content (AvgIpc) is 2.60. The molecule has 114 valence electrons. The van der Waals surface area contributed by atoms with Crippen LogP contribution >= 0.6 is 0 Å². The molecule has 0 saturated carbocycles. The van der Waals surface area contributed by atoms with Crippen LogP contribution in [-0.2, 0) is 21.4 Å². The summed E-state index contributed by atoms with van der Waals surface area (Å²) in [5.74, 6) is 0.212. The largest absolute Gasteiger partial charge is 0.356 e. The molecular weight excluding hydrogens is 264 g/mol. The van der Waals surface area contributed by atoms with Gasteiger partial charge in [0.2, 0.25) is 11.8 Å². The van der Waals surface area contributed by atoms with Crippen LogP contribution in [0.5, 0.6) is 0 Å². The lowest BCUT2D eigenvalue weighted by molar-refractivity contribution is -0.124. The summed E-state index contributed by atoms with van der Waals surface area (Å²) in [5, 5.41) is 2.92. The van der Waals surface area contributed by atoms with E-state index in [9.17, 15) is 9.59 Å². The fourth-order valence-electron chi connectivity index (χ4n) is 2.71. The maximum atomic E-state index is 12.2. The Hall–Kier alpha value is -1.84. The number of nitrogens with one attached hydrogen (secondary N) is 1. The van der Waals surface area contributed by atoms with E-state index in [0.29, 0.717) is 6.54 Å². The number of anilines is 1.